The summed E-state index contributed by atoms with van der Waals surface area (Å²) in [5.74, 6) is 0. The molecule has 0 aliphatic carbocycles. The topological polar surface area (TPSA) is 29.9 Å². The molecule has 0 fully saturated rings. The number of aromatic nitrogens is 2. The summed E-state index contributed by atoms with van der Waals surface area (Å²) in [5.41, 5.74) is 2.70. The van der Waals surface area contributed by atoms with Gasteiger partial charge in [-0.3, -0.25) is 4.68 Å². The summed E-state index contributed by atoms with van der Waals surface area (Å²) in [6, 6.07) is 11.2. The molecule has 96 valence electrons. The monoisotopic (exact) mass is 243 g/mol. The molecule has 0 aliphatic rings. The maximum Gasteiger partial charge on any atom is 0.0521 e. The number of nitrogens with one attached hydrogen (secondary N) is 1. The van der Waals surface area contributed by atoms with Crippen LogP contribution < -0.4 is 5.32 Å². The summed E-state index contributed by atoms with van der Waals surface area (Å²) in [6.45, 7) is 0. The molecule has 0 amide bonds. The first kappa shape index (κ1) is 12.8. The van der Waals surface area contributed by atoms with Gasteiger partial charge in [-0.15, -0.1) is 0 Å². The smallest absolute Gasteiger partial charge is 0.0521 e. The highest BCUT2D eigenvalue weighted by molar-refractivity contribution is 5.16. The fourth-order valence-corrected chi connectivity index (χ4v) is 2.19. The van der Waals surface area contributed by atoms with Crippen LogP contribution in [0.1, 0.15) is 17.5 Å². The lowest BCUT2D eigenvalue weighted by Gasteiger charge is -2.15. The van der Waals surface area contributed by atoms with E-state index in [1.165, 1.54) is 11.1 Å². The molecule has 1 unspecified atom stereocenters. The standard InChI is InChI=1S/C15H21N3/c1-16-15(10-13-6-4-3-5-7-13)9-8-14-11-17-18(2)12-14/h3-7,11-12,15-16H,8-10H2,1-2H3. The van der Waals surface area contributed by atoms with Crippen molar-refractivity contribution in [2.75, 3.05) is 7.05 Å². The van der Waals surface area contributed by atoms with Crippen LogP contribution in [-0.2, 0) is 19.9 Å². The van der Waals surface area contributed by atoms with Crippen molar-refractivity contribution in [3.63, 3.8) is 0 Å². The van der Waals surface area contributed by atoms with Gasteiger partial charge in [-0.25, -0.2) is 0 Å². The second-order valence-corrected chi connectivity index (χ2v) is 4.74. The molecule has 1 aromatic heterocycles. The maximum atomic E-state index is 4.20. The minimum Gasteiger partial charge on any atom is -0.317 e. The van der Waals surface area contributed by atoms with Crippen LogP contribution in [0.3, 0.4) is 0 Å². The number of nitrogens with zero attached hydrogens (tertiary/aromatic N) is 2. The first-order chi connectivity index (χ1) is 8.78. The summed E-state index contributed by atoms with van der Waals surface area (Å²) >= 11 is 0. The first-order valence-corrected chi connectivity index (χ1v) is 6.46. The van der Waals surface area contributed by atoms with Crippen LogP contribution in [0.2, 0.25) is 0 Å². The van der Waals surface area contributed by atoms with Gasteiger partial charge in [-0.05, 0) is 37.4 Å². The van der Waals surface area contributed by atoms with Crippen LogP contribution in [0.15, 0.2) is 42.7 Å². The van der Waals surface area contributed by atoms with Crippen molar-refractivity contribution >= 4 is 0 Å². The molecule has 18 heavy (non-hydrogen) atoms. The molecule has 0 spiro atoms. The van der Waals surface area contributed by atoms with E-state index in [4.69, 9.17) is 0 Å². The van der Waals surface area contributed by atoms with Gasteiger partial charge in [-0.2, -0.15) is 5.10 Å². The lowest BCUT2D eigenvalue weighted by Crippen LogP contribution is -2.28. The molecular formula is C15H21N3. The molecule has 2 rings (SSSR count). The van der Waals surface area contributed by atoms with E-state index >= 15 is 0 Å². The molecular weight excluding hydrogens is 222 g/mol. The Morgan fingerprint density at radius 1 is 1.22 bits per heavy atom. The highest BCUT2D eigenvalue weighted by Crippen LogP contribution is 2.09. The van der Waals surface area contributed by atoms with E-state index in [2.05, 4.69) is 46.9 Å². The van der Waals surface area contributed by atoms with Gasteiger partial charge in [-0.1, -0.05) is 30.3 Å². The summed E-state index contributed by atoms with van der Waals surface area (Å²) in [7, 11) is 4.00. The number of aryl methyl sites for hydroxylation is 2. The number of likely N-dealkylation sites (N-methyl/N-ethyl adjacent to an activating group) is 1. The molecule has 1 atom stereocenters. The number of hydrogen-bond donors (Lipinski definition) is 1. The Balaban J connectivity index is 1.86. The number of rotatable bonds is 6. The van der Waals surface area contributed by atoms with Crippen molar-refractivity contribution in [1.29, 1.82) is 0 Å². The average molecular weight is 243 g/mol. The van der Waals surface area contributed by atoms with Gasteiger partial charge >= 0.3 is 0 Å². The van der Waals surface area contributed by atoms with Crippen molar-refractivity contribution in [3.05, 3.63) is 53.9 Å². The minimum absolute atomic E-state index is 0.521. The summed E-state index contributed by atoms with van der Waals surface area (Å²) in [6.07, 6.45) is 7.34. The Kier molecular flexibility index (Phi) is 4.53. The molecule has 1 heterocycles. The quantitative estimate of drug-likeness (QED) is 0.843. The van der Waals surface area contributed by atoms with Crippen molar-refractivity contribution < 1.29 is 0 Å². The molecule has 1 N–H and O–H groups in total. The van der Waals surface area contributed by atoms with Crippen molar-refractivity contribution in [2.24, 2.45) is 7.05 Å². The van der Waals surface area contributed by atoms with Crippen LogP contribution in [0, 0.1) is 0 Å². The Bertz CT molecular complexity index is 462. The maximum absolute atomic E-state index is 4.20. The third-order valence-electron chi connectivity index (χ3n) is 3.27. The van der Waals surface area contributed by atoms with Crippen LogP contribution in [0.4, 0.5) is 0 Å². The Morgan fingerprint density at radius 3 is 2.61 bits per heavy atom. The highest BCUT2D eigenvalue weighted by atomic mass is 15.2. The van der Waals surface area contributed by atoms with Gasteiger partial charge in [0, 0.05) is 19.3 Å². The third-order valence-corrected chi connectivity index (χ3v) is 3.27. The zero-order chi connectivity index (χ0) is 12.8. The summed E-state index contributed by atoms with van der Waals surface area (Å²) < 4.78 is 1.86. The minimum atomic E-state index is 0.521. The van der Waals surface area contributed by atoms with Gasteiger partial charge in [0.1, 0.15) is 0 Å². The van der Waals surface area contributed by atoms with E-state index in [9.17, 15) is 0 Å². The van der Waals surface area contributed by atoms with Gasteiger partial charge in [0.15, 0.2) is 0 Å². The van der Waals surface area contributed by atoms with Gasteiger partial charge < -0.3 is 5.32 Å². The summed E-state index contributed by atoms with van der Waals surface area (Å²) in [5, 5.41) is 7.60. The van der Waals surface area contributed by atoms with E-state index in [1.54, 1.807) is 0 Å². The molecule has 0 saturated carbocycles. The fourth-order valence-electron chi connectivity index (χ4n) is 2.19. The predicted molar refractivity (Wildman–Crippen MR) is 74.5 cm³/mol. The lowest BCUT2D eigenvalue weighted by atomic mass is 10.0. The molecule has 0 saturated heterocycles. The molecule has 0 radical (unpaired) electrons. The Hall–Kier alpha value is -1.61. The number of hydrogen-bond acceptors (Lipinski definition) is 2. The van der Waals surface area contributed by atoms with E-state index in [1.807, 2.05) is 25.0 Å². The van der Waals surface area contributed by atoms with E-state index in [-0.39, 0.29) is 0 Å². The third kappa shape index (κ3) is 3.70. The normalized spacial score (nSPS) is 12.6. The van der Waals surface area contributed by atoms with Crippen molar-refractivity contribution in [3.8, 4) is 0 Å². The zero-order valence-corrected chi connectivity index (χ0v) is 11.1. The van der Waals surface area contributed by atoms with Crippen LogP contribution in [-0.4, -0.2) is 22.9 Å². The second-order valence-electron chi connectivity index (χ2n) is 4.74. The molecule has 0 bridgehead atoms. The average Bonchev–Trinajstić information content (AvgIpc) is 2.81. The van der Waals surface area contributed by atoms with Crippen LogP contribution >= 0.6 is 0 Å². The summed E-state index contributed by atoms with van der Waals surface area (Å²) in [4.78, 5) is 0. The molecule has 1 aromatic carbocycles. The van der Waals surface area contributed by atoms with E-state index < -0.39 is 0 Å². The van der Waals surface area contributed by atoms with Gasteiger partial charge in [0.05, 0.1) is 6.20 Å². The highest BCUT2D eigenvalue weighted by Gasteiger charge is 2.08. The van der Waals surface area contributed by atoms with Crippen LogP contribution in [0.5, 0.6) is 0 Å². The van der Waals surface area contributed by atoms with Crippen molar-refractivity contribution in [1.82, 2.24) is 15.1 Å². The largest absolute Gasteiger partial charge is 0.317 e. The number of benzene rings is 1. The van der Waals surface area contributed by atoms with Gasteiger partial charge in [0.2, 0.25) is 0 Å². The SMILES string of the molecule is CNC(CCc1cnn(C)c1)Cc1ccccc1. The lowest BCUT2D eigenvalue weighted by molar-refractivity contribution is 0.520. The molecule has 0 aliphatic heterocycles. The Labute approximate surface area is 109 Å². The van der Waals surface area contributed by atoms with E-state index in [0.717, 1.165) is 19.3 Å². The van der Waals surface area contributed by atoms with Crippen LogP contribution in [0.25, 0.3) is 0 Å². The zero-order valence-electron chi connectivity index (χ0n) is 11.1. The Morgan fingerprint density at radius 2 is 2.00 bits per heavy atom. The second kappa shape index (κ2) is 6.36. The molecule has 3 nitrogen and oxygen atoms in total. The fraction of sp³-hybridized carbons (Fsp3) is 0.400. The predicted octanol–water partition coefficient (Wildman–Crippen LogP) is 2.18. The van der Waals surface area contributed by atoms with Gasteiger partial charge in [0.25, 0.3) is 0 Å². The van der Waals surface area contributed by atoms with E-state index in [0.29, 0.717) is 6.04 Å². The first-order valence-electron chi connectivity index (χ1n) is 6.46. The van der Waals surface area contributed by atoms with Crippen molar-refractivity contribution in [2.45, 2.75) is 25.3 Å². The molecule has 2 aromatic rings. The molecule has 3 heteroatoms.